The van der Waals surface area contributed by atoms with Gasteiger partial charge in [-0.2, -0.15) is 0 Å². The first kappa shape index (κ1) is 16.2. The Morgan fingerprint density at radius 3 is 2.05 bits per heavy atom. The zero-order valence-electron chi connectivity index (χ0n) is 12.9. The molecule has 0 heterocycles. The average Bonchev–Trinajstić information content (AvgIpc) is 2.58. The van der Waals surface area contributed by atoms with Crippen LogP contribution in [0.4, 0.5) is 5.69 Å². The molecule has 2 aromatic rings. The first-order valence-electron chi connectivity index (χ1n) is 7.61. The highest BCUT2D eigenvalue weighted by Gasteiger charge is 1.98. The maximum atomic E-state index is 8.71. The van der Waals surface area contributed by atoms with E-state index in [1.165, 1.54) is 5.56 Å². The Bertz CT molecular complexity index is 486. The van der Waals surface area contributed by atoms with E-state index in [9.17, 15) is 0 Å². The second kappa shape index (κ2) is 8.95. The molecule has 0 atom stereocenters. The molecule has 2 N–H and O–H groups in total. The molecule has 0 unspecified atom stereocenters. The highest BCUT2D eigenvalue weighted by atomic mass is 16.5. The molecule has 0 saturated heterocycles. The van der Waals surface area contributed by atoms with E-state index < -0.39 is 0 Å². The Morgan fingerprint density at radius 1 is 0.864 bits per heavy atom. The molecule has 118 valence electrons. The van der Waals surface area contributed by atoms with Crippen molar-refractivity contribution in [2.24, 2.45) is 0 Å². The molecular weight excluding hydrogens is 278 g/mol. The molecule has 0 radical (unpaired) electrons. The fourth-order valence-corrected chi connectivity index (χ4v) is 1.96. The van der Waals surface area contributed by atoms with Crippen molar-refractivity contribution < 1.29 is 14.6 Å². The minimum absolute atomic E-state index is 0.0258. The van der Waals surface area contributed by atoms with Crippen molar-refractivity contribution in [3.63, 3.8) is 0 Å². The Kier molecular flexibility index (Phi) is 6.58. The van der Waals surface area contributed by atoms with Gasteiger partial charge in [0.05, 0.1) is 13.2 Å². The highest BCUT2D eigenvalue weighted by Crippen LogP contribution is 2.17. The van der Waals surface area contributed by atoms with Gasteiger partial charge in [-0.05, 0) is 48.4 Å². The van der Waals surface area contributed by atoms with Crippen LogP contribution < -0.4 is 14.8 Å². The average molecular weight is 301 g/mol. The number of anilines is 1. The van der Waals surface area contributed by atoms with E-state index in [-0.39, 0.29) is 6.61 Å². The molecule has 22 heavy (non-hydrogen) atoms. The highest BCUT2D eigenvalue weighted by molar-refractivity contribution is 5.47. The van der Waals surface area contributed by atoms with Crippen molar-refractivity contribution >= 4 is 5.69 Å². The lowest BCUT2D eigenvalue weighted by Gasteiger charge is -2.09. The monoisotopic (exact) mass is 301 g/mol. The molecule has 0 aliphatic carbocycles. The van der Waals surface area contributed by atoms with Crippen LogP contribution in [-0.2, 0) is 6.54 Å². The minimum Gasteiger partial charge on any atom is -0.494 e. The minimum atomic E-state index is 0.0258. The number of benzene rings is 2. The van der Waals surface area contributed by atoms with Gasteiger partial charge < -0.3 is 19.9 Å². The van der Waals surface area contributed by atoms with Crippen LogP contribution in [0.25, 0.3) is 0 Å². The first-order valence-corrected chi connectivity index (χ1v) is 7.61. The number of aliphatic hydroxyl groups is 1. The van der Waals surface area contributed by atoms with Gasteiger partial charge in [-0.25, -0.2) is 0 Å². The second-order valence-corrected chi connectivity index (χ2v) is 4.94. The van der Waals surface area contributed by atoms with Gasteiger partial charge in [0, 0.05) is 12.2 Å². The van der Waals surface area contributed by atoms with Gasteiger partial charge in [0.25, 0.3) is 0 Å². The lowest BCUT2D eigenvalue weighted by molar-refractivity contribution is 0.201. The Balaban J connectivity index is 1.81. The maximum Gasteiger partial charge on any atom is 0.119 e. The molecule has 2 rings (SSSR count). The lowest BCUT2D eigenvalue weighted by Crippen LogP contribution is -2.02. The first-order chi connectivity index (χ1) is 10.8. The van der Waals surface area contributed by atoms with E-state index in [1.807, 2.05) is 36.4 Å². The van der Waals surface area contributed by atoms with E-state index in [0.29, 0.717) is 6.61 Å². The molecule has 0 spiro atoms. The van der Waals surface area contributed by atoms with E-state index in [2.05, 4.69) is 24.4 Å². The largest absolute Gasteiger partial charge is 0.494 e. The topological polar surface area (TPSA) is 50.7 Å². The summed E-state index contributed by atoms with van der Waals surface area (Å²) in [7, 11) is 0. The van der Waals surface area contributed by atoms with E-state index in [1.54, 1.807) is 0 Å². The van der Waals surface area contributed by atoms with Gasteiger partial charge in [0.2, 0.25) is 0 Å². The second-order valence-electron chi connectivity index (χ2n) is 4.94. The molecule has 0 aromatic heterocycles. The molecular formula is C18H23NO3. The number of rotatable bonds is 9. The van der Waals surface area contributed by atoms with E-state index >= 15 is 0 Å². The van der Waals surface area contributed by atoms with Crippen LogP contribution in [0.3, 0.4) is 0 Å². The van der Waals surface area contributed by atoms with Crippen LogP contribution in [-0.4, -0.2) is 24.9 Å². The quantitative estimate of drug-likeness (QED) is 0.745. The summed E-state index contributed by atoms with van der Waals surface area (Å²) in [5, 5.41) is 12.1. The van der Waals surface area contributed by atoms with Crippen LogP contribution >= 0.6 is 0 Å². The van der Waals surface area contributed by atoms with Gasteiger partial charge in [0.1, 0.15) is 18.1 Å². The van der Waals surface area contributed by atoms with Gasteiger partial charge in [-0.15, -0.1) is 0 Å². The molecule has 4 heteroatoms. The molecule has 0 aliphatic rings. The summed E-state index contributed by atoms with van der Waals surface area (Å²) >= 11 is 0. The standard InChI is InChI=1S/C18H23NO3/c1-2-12-21-17-7-3-15(4-8-17)14-19-16-5-9-18(10-6-16)22-13-11-20/h3-10,19-20H,2,11-14H2,1H3. The molecule has 0 fully saturated rings. The number of hydrogen-bond donors (Lipinski definition) is 2. The van der Waals surface area contributed by atoms with Gasteiger partial charge in [-0.1, -0.05) is 19.1 Å². The molecule has 2 aromatic carbocycles. The number of nitrogens with one attached hydrogen (secondary N) is 1. The normalized spacial score (nSPS) is 10.3. The van der Waals surface area contributed by atoms with Crippen molar-refractivity contribution in [1.82, 2.24) is 0 Å². The van der Waals surface area contributed by atoms with Crippen LogP contribution in [0, 0.1) is 0 Å². The van der Waals surface area contributed by atoms with E-state index in [0.717, 1.165) is 36.8 Å². The Labute approximate surface area is 131 Å². The van der Waals surface area contributed by atoms with Crippen LogP contribution in [0.5, 0.6) is 11.5 Å². The third-order valence-corrected chi connectivity index (χ3v) is 3.11. The van der Waals surface area contributed by atoms with Gasteiger partial charge >= 0.3 is 0 Å². The molecule has 0 amide bonds. The summed E-state index contributed by atoms with van der Waals surface area (Å²) in [5.74, 6) is 1.67. The Hall–Kier alpha value is -2.20. The summed E-state index contributed by atoms with van der Waals surface area (Å²) in [6.45, 7) is 3.95. The van der Waals surface area contributed by atoms with E-state index in [4.69, 9.17) is 14.6 Å². The van der Waals surface area contributed by atoms with Crippen LogP contribution in [0.15, 0.2) is 48.5 Å². The lowest BCUT2D eigenvalue weighted by atomic mass is 10.2. The molecule has 0 bridgehead atoms. The van der Waals surface area contributed by atoms with Crippen molar-refractivity contribution in [3.8, 4) is 11.5 Å². The van der Waals surface area contributed by atoms with Crippen molar-refractivity contribution in [2.45, 2.75) is 19.9 Å². The third-order valence-electron chi connectivity index (χ3n) is 3.11. The summed E-state index contributed by atoms with van der Waals surface area (Å²) in [6.07, 6.45) is 1.02. The van der Waals surface area contributed by atoms with Gasteiger partial charge in [0.15, 0.2) is 0 Å². The third kappa shape index (κ3) is 5.30. The number of ether oxygens (including phenoxy) is 2. The SMILES string of the molecule is CCCOc1ccc(CNc2ccc(OCCO)cc2)cc1. The van der Waals surface area contributed by atoms with Gasteiger partial charge in [-0.3, -0.25) is 0 Å². The maximum absolute atomic E-state index is 8.71. The molecule has 0 saturated carbocycles. The van der Waals surface area contributed by atoms with Crippen LogP contribution in [0.1, 0.15) is 18.9 Å². The van der Waals surface area contributed by atoms with Crippen molar-refractivity contribution in [2.75, 3.05) is 25.1 Å². The number of hydrogen-bond acceptors (Lipinski definition) is 4. The summed E-state index contributed by atoms with van der Waals surface area (Å²) in [6, 6.07) is 15.8. The molecule has 4 nitrogen and oxygen atoms in total. The molecule has 0 aliphatic heterocycles. The van der Waals surface area contributed by atoms with Crippen molar-refractivity contribution in [1.29, 1.82) is 0 Å². The Morgan fingerprint density at radius 2 is 1.45 bits per heavy atom. The number of aliphatic hydroxyl groups excluding tert-OH is 1. The van der Waals surface area contributed by atoms with Crippen LogP contribution in [0.2, 0.25) is 0 Å². The summed E-state index contributed by atoms with van der Waals surface area (Å²) in [4.78, 5) is 0. The fraction of sp³-hybridized carbons (Fsp3) is 0.333. The predicted octanol–water partition coefficient (Wildman–Crippen LogP) is 3.46. The summed E-state index contributed by atoms with van der Waals surface area (Å²) in [5.41, 5.74) is 2.23. The zero-order chi connectivity index (χ0) is 15.6. The fourth-order valence-electron chi connectivity index (χ4n) is 1.96. The smallest absolute Gasteiger partial charge is 0.119 e. The predicted molar refractivity (Wildman–Crippen MR) is 88.6 cm³/mol. The van der Waals surface area contributed by atoms with Crippen molar-refractivity contribution in [3.05, 3.63) is 54.1 Å². The zero-order valence-corrected chi connectivity index (χ0v) is 12.9. The summed E-state index contributed by atoms with van der Waals surface area (Å²) < 4.78 is 10.9.